The van der Waals surface area contributed by atoms with Crippen LogP contribution < -0.4 is 14.8 Å². The average molecular weight is 404 g/mol. The van der Waals surface area contributed by atoms with Crippen LogP contribution in [0.5, 0.6) is 11.5 Å². The molecule has 0 aliphatic carbocycles. The molecule has 0 spiro atoms. The normalized spacial score (nSPS) is 18.0. The van der Waals surface area contributed by atoms with Crippen LogP contribution in [-0.2, 0) is 11.2 Å². The van der Waals surface area contributed by atoms with Gasteiger partial charge in [-0.2, -0.15) is 0 Å². The molecule has 1 heterocycles. The SMILES string of the molecule is COc1ccc2c(c1)OC(C)(C)C[C@@H]2NC(=O)Cc1cccc(Br)c1. The Labute approximate surface area is 156 Å². The number of benzene rings is 2. The zero-order chi connectivity index (χ0) is 18.0. The van der Waals surface area contributed by atoms with Crippen LogP contribution in [0, 0.1) is 0 Å². The summed E-state index contributed by atoms with van der Waals surface area (Å²) in [7, 11) is 1.63. The zero-order valence-corrected chi connectivity index (χ0v) is 16.2. The first kappa shape index (κ1) is 17.8. The van der Waals surface area contributed by atoms with Crippen molar-refractivity contribution < 1.29 is 14.3 Å². The molecule has 0 aromatic heterocycles. The predicted molar refractivity (Wildman–Crippen MR) is 101 cm³/mol. The summed E-state index contributed by atoms with van der Waals surface area (Å²) in [5.41, 5.74) is 1.61. The van der Waals surface area contributed by atoms with Gasteiger partial charge in [0.05, 0.1) is 19.6 Å². The van der Waals surface area contributed by atoms with Gasteiger partial charge in [-0.25, -0.2) is 0 Å². The van der Waals surface area contributed by atoms with Gasteiger partial charge in [0.15, 0.2) is 0 Å². The van der Waals surface area contributed by atoms with Gasteiger partial charge >= 0.3 is 0 Å². The molecule has 1 aliphatic heterocycles. The van der Waals surface area contributed by atoms with E-state index in [0.29, 0.717) is 6.42 Å². The van der Waals surface area contributed by atoms with Crippen LogP contribution in [0.3, 0.4) is 0 Å². The van der Waals surface area contributed by atoms with Gasteiger partial charge in [0.1, 0.15) is 17.1 Å². The maximum absolute atomic E-state index is 12.5. The molecule has 5 heteroatoms. The number of amides is 1. The smallest absolute Gasteiger partial charge is 0.224 e. The number of methoxy groups -OCH3 is 1. The molecular weight excluding hydrogens is 382 g/mol. The summed E-state index contributed by atoms with van der Waals surface area (Å²) in [6.07, 6.45) is 1.07. The van der Waals surface area contributed by atoms with Gasteiger partial charge in [0, 0.05) is 22.5 Å². The van der Waals surface area contributed by atoms with E-state index in [1.807, 2.05) is 56.3 Å². The lowest BCUT2D eigenvalue weighted by Gasteiger charge is -2.38. The van der Waals surface area contributed by atoms with Gasteiger partial charge in [-0.05, 0) is 43.7 Å². The van der Waals surface area contributed by atoms with E-state index >= 15 is 0 Å². The largest absolute Gasteiger partial charge is 0.497 e. The highest BCUT2D eigenvalue weighted by Crippen LogP contribution is 2.41. The van der Waals surface area contributed by atoms with Crippen LogP contribution in [0.25, 0.3) is 0 Å². The molecule has 1 aliphatic rings. The molecule has 0 fully saturated rings. The minimum absolute atomic E-state index is 0.00238. The first-order valence-corrected chi connectivity index (χ1v) is 9.06. The third-order valence-corrected chi connectivity index (χ3v) is 4.76. The quantitative estimate of drug-likeness (QED) is 0.821. The monoisotopic (exact) mass is 403 g/mol. The van der Waals surface area contributed by atoms with Crippen LogP contribution in [0.4, 0.5) is 0 Å². The summed E-state index contributed by atoms with van der Waals surface area (Å²) < 4.78 is 12.3. The fraction of sp³-hybridized carbons (Fsp3) is 0.350. The molecule has 1 atom stereocenters. The van der Waals surface area contributed by atoms with Crippen LogP contribution in [0.15, 0.2) is 46.9 Å². The highest BCUT2D eigenvalue weighted by atomic mass is 79.9. The molecule has 0 bridgehead atoms. The molecule has 3 rings (SSSR count). The minimum Gasteiger partial charge on any atom is -0.497 e. The second-order valence-corrected chi connectivity index (χ2v) is 7.81. The van der Waals surface area contributed by atoms with Crippen molar-refractivity contribution >= 4 is 21.8 Å². The van der Waals surface area contributed by atoms with E-state index in [9.17, 15) is 4.79 Å². The Morgan fingerprint density at radius 2 is 2.12 bits per heavy atom. The molecule has 132 valence electrons. The summed E-state index contributed by atoms with van der Waals surface area (Å²) in [5.74, 6) is 1.52. The molecule has 0 unspecified atom stereocenters. The van der Waals surface area contributed by atoms with Gasteiger partial charge in [-0.15, -0.1) is 0 Å². The Morgan fingerprint density at radius 1 is 1.32 bits per heavy atom. The van der Waals surface area contributed by atoms with Crippen molar-refractivity contribution in [3.8, 4) is 11.5 Å². The van der Waals surface area contributed by atoms with Crippen LogP contribution in [-0.4, -0.2) is 18.6 Å². The second kappa shape index (κ2) is 7.08. The van der Waals surface area contributed by atoms with Crippen LogP contribution in [0.2, 0.25) is 0 Å². The van der Waals surface area contributed by atoms with Gasteiger partial charge in [0.25, 0.3) is 0 Å². The van der Waals surface area contributed by atoms with Crippen molar-refractivity contribution in [2.24, 2.45) is 0 Å². The molecule has 0 saturated heterocycles. The summed E-state index contributed by atoms with van der Waals surface area (Å²) in [6.45, 7) is 4.06. The second-order valence-electron chi connectivity index (χ2n) is 6.90. The minimum atomic E-state index is -0.354. The van der Waals surface area contributed by atoms with Gasteiger partial charge in [-0.3, -0.25) is 4.79 Å². The number of carbonyl (C=O) groups excluding carboxylic acids is 1. The van der Waals surface area contributed by atoms with E-state index in [1.54, 1.807) is 7.11 Å². The van der Waals surface area contributed by atoms with E-state index in [0.717, 1.165) is 33.5 Å². The molecule has 0 radical (unpaired) electrons. The zero-order valence-electron chi connectivity index (χ0n) is 14.6. The molecular formula is C20H22BrNO3. The Balaban J connectivity index is 1.79. The molecule has 1 amide bonds. The predicted octanol–water partition coefficient (Wildman–Crippen LogP) is 4.42. The van der Waals surface area contributed by atoms with Crippen molar-refractivity contribution in [2.45, 2.75) is 38.3 Å². The van der Waals surface area contributed by atoms with E-state index in [-0.39, 0.29) is 17.6 Å². The first-order valence-electron chi connectivity index (χ1n) is 8.27. The topological polar surface area (TPSA) is 47.6 Å². The highest BCUT2D eigenvalue weighted by molar-refractivity contribution is 9.10. The third-order valence-electron chi connectivity index (χ3n) is 4.27. The van der Waals surface area contributed by atoms with E-state index < -0.39 is 0 Å². The highest BCUT2D eigenvalue weighted by Gasteiger charge is 2.34. The molecule has 4 nitrogen and oxygen atoms in total. The Kier molecular flexibility index (Phi) is 5.04. The fourth-order valence-electron chi connectivity index (χ4n) is 3.17. The first-order chi connectivity index (χ1) is 11.9. The number of carbonyl (C=O) groups is 1. The van der Waals surface area contributed by atoms with Crippen molar-refractivity contribution in [2.75, 3.05) is 7.11 Å². The summed E-state index contributed by atoms with van der Waals surface area (Å²) in [5, 5.41) is 3.16. The number of ether oxygens (including phenoxy) is 2. The Bertz CT molecular complexity index is 788. The molecule has 1 N–H and O–H groups in total. The Hall–Kier alpha value is -2.01. The van der Waals surface area contributed by atoms with Gasteiger partial charge in [-0.1, -0.05) is 28.1 Å². The Morgan fingerprint density at radius 3 is 2.84 bits per heavy atom. The van der Waals surface area contributed by atoms with Crippen molar-refractivity contribution in [1.82, 2.24) is 5.32 Å². The van der Waals surface area contributed by atoms with Crippen molar-refractivity contribution in [1.29, 1.82) is 0 Å². The van der Waals surface area contributed by atoms with E-state index in [1.165, 1.54) is 0 Å². The van der Waals surface area contributed by atoms with Crippen molar-refractivity contribution in [3.05, 3.63) is 58.1 Å². The number of rotatable bonds is 4. The van der Waals surface area contributed by atoms with Gasteiger partial charge < -0.3 is 14.8 Å². The summed E-state index contributed by atoms with van der Waals surface area (Å²) in [4.78, 5) is 12.5. The molecule has 2 aromatic rings. The van der Waals surface area contributed by atoms with Gasteiger partial charge in [0.2, 0.25) is 5.91 Å². The maximum atomic E-state index is 12.5. The van der Waals surface area contributed by atoms with Crippen molar-refractivity contribution in [3.63, 3.8) is 0 Å². The molecule has 2 aromatic carbocycles. The number of nitrogens with one attached hydrogen (secondary N) is 1. The summed E-state index contributed by atoms with van der Waals surface area (Å²) >= 11 is 3.44. The molecule has 25 heavy (non-hydrogen) atoms. The number of fused-ring (bicyclic) bond motifs is 1. The number of hydrogen-bond acceptors (Lipinski definition) is 3. The lowest BCUT2D eigenvalue weighted by Crippen LogP contribution is -2.41. The number of halogens is 1. The lowest BCUT2D eigenvalue weighted by molar-refractivity contribution is -0.121. The van der Waals surface area contributed by atoms with Crippen LogP contribution in [0.1, 0.15) is 37.4 Å². The standard InChI is InChI=1S/C20H22BrNO3/c1-20(2)12-17(16-8-7-15(24-3)11-18(16)25-20)22-19(23)10-13-5-4-6-14(21)9-13/h4-9,11,17H,10,12H2,1-3H3,(H,22,23)/t17-/m0/s1. The third kappa shape index (κ3) is 4.34. The van der Waals surface area contributed by atoms with E-state index in [2.05, 4.69) is 21.2 Å². The van der Waals surface area contributed by atoms with Crippen LogP contribution >= 0.6 is 15.9 Å². The fourth-order valence-corrected chi connectivity index (χ4v) is 3.61. The average Bonchev–Trinajstić information content (AvgIpc) is 2.53. The maximum Gasteiger partial charge on any atom is 0.224 e. The number of hydrogen-bond donors (Lipinski definition) is 1. The lowest BCUT2D eigenvalue weighted by atomic mass is 9.89. The van der Waals surface area contributed by atoms with E-state index in [4.69, 9.17) is 9.47 Å². The molecule has 0 saturated carbocycles. The summed E-state index contributed by atoms with van der Waals surface area (Å²) in [6, 6.07) is 13.5.